The van der Waals surface area contributed by atoms with Crippen LogP contribution >= 0.6 is 11.3 Å². The first-order chi connectivity index (χ1) is 11.9. The summed E-state index contributed by atoms with van der Waals surface area (Å²) in [5.74, 6) is -0.384. The van der Waals surface area contributed by atoms with E-state index in [9.17, 15) is 13.2 Å². The summed E-state index contributed by atoms with van der Waals surface area (Å²) in [6, 6.07) is 6.50. The van der Waals surface area contributed by atoms with Crippen LogP contribution in [0, 0.1) is 0 Å². The highest BCUT2D eigenvalue weighted by Gasteiger charge is 2.21. The van der Waals surface area contributed by atoms with Crippen molar-refractivity contribution in [1.29, 1.82) is 0 Å². The van der Waals surface area contributed by atoms with Crippen LogP contribution in [0.5, 0.6) is 0 Å². The van der Waals surface area contributed by atoms with Gasteiger partial charge in [-0.25, -0.2) is 13.4 Å². The highest BCUT2D eigenvalue weighted by atomic mass is 32.2. The van der Waals surface area contributed by atoms with E-state index >= 15 is 0 Å². The molecular weight excluding hydrogens is 360 g/mol. The molecule has 25 heavy (non-hydrogen) atoms. The molecule has 0 unspecified atom stereocenters. The second-order valence-electron chi connectivity index (χ2n) is 5.88. The lowest BCUT2D eigenvalue weighted by atomic mass is 10.2. The fraction of sp³-hybridized carbons (Fsp3) is 0.375. The molecule has 1 aliphatic heterocycles. The molecule has 2 heterocycles. The molecule has 1 aliphatic rings. The SMILES string of the molecule is CCN1CCc2nc(NC(=O)c3ccccc3NS(C)(=O)=O)sc2C1. The Morgan fingerprint density at radius 1 is 1.36 bits per heavy atom. The van der Waals surface area contributed by atoms with Crippen LogP contribution < -0.4 is 10.0 Å². The number of benzene rings is 1. The summed E-state index contributed by atoms with van der Waals surface area (Å²) in [5, 5.41) is 3.33. The number of anilines is 2. The second kappa shape index (κ2) is 7.11. The Balaban J connectivity index is 1.79. The third-order valence-corrected chi connectivity index (χ3v) is 5.53. The lowest BCUT2D eigenvalue weighted by Gasteiger charge is -2.23. The molecule has 1 aromatic heterocycles. The minimum Gasteiger partial charge on any atom is -0.298 e. The maximum Gasteiger partial charge on any atom is 0.259 e. The largest absolute Gasteiger partial charge is 0.298 e. The van der Waals surface area contributed by atoms with Gasteiger partial charge in [0.25, 0.3) is 5.91 Å². The minimum absolute atomic E-state index is 0.251. The van der Waals surface area contributed by atoms with Crippen LogP contribution in [0.1, 0.15) is 27.9 Å². The Morgan fingerprint density at radius 3 is 2.84 bits per heavy atom. The topological polar surface area (TPSA) is 91.4 Å². The van der Waals surface area contributed by atoms with Gasteiger partial charge in [-0.05, 0) is 18.7 Å². The zero-order chi connectivity index (χ0) is 18.0. The number of nitrogens with zero attached hydrogens (tertiary/aromatic N) is 2. The van der Waals surface area contributed by atoms with Crippen molar-refractivity contribution >= 4 is 38.1 Å². The average Bonchev–Trinajstić information content (AvgIpc) is 2.94. The summed E-state index contributed by atoms with van der Waals surface area (Å²) >= 11 is 1.47. The van der Waals surface area contributed by atoms with Crippen LogP contribution in [0.25, 0.3) is 0 Å². The maximum absolute atomic E-state index is 12.6. The number of amides is 1. The van der Waals surface area contributed by atoms with Crippen LogP contribution in [0.4, 0.5) is 10.8 Å². The van der Waals surface area contributed by atoms with E-state index in [1.165, 1.54) is 16.2 Å². The number of aromatic nitrogens is 1. The van der Waals surface area contributed by atoms with Gasteiger partial charge < -0.3 is 0 Å². The Bertz CT molecular complexity index is 893. The van der Waals surface area contributed by atoms with Crippen molar-refractivity contribution in [3.05, 3.63) is 40.4 Å². The standard InChI is InChI=1S/C16H20N4O3S2/c1-3-20-9-8-13-14(10-20)24-16(17-13)18-15(21)11-6-4-5-7-12(11)19-25(2,22)23/h4-7,19H,3,8-10H2,1-2H3,(H,17,18,21). The first kappa shape index (κ1) is 17.8. The Labute approximate surface area is 151 Å². The third kappa shape index (κ3) is 4.36. The summed E-state index contributed by atoms with van der Waals surface area (Å²) in [6.45, 7) is 4.94. The molecule has 7 nitrogen and oxygen atoms in total. The van der Waals surface area contributed by atoms with Crippen LogP contribution in [0.2, 0.25) is 0 Å². The van der Waals surface area contributed by atoms with E-state index < -0.39 is 10.0 Å². The fourth-order valence-corrected chi connectivity index (χ4v) is 4.33. The first-order valence-electron chi connectivity index (χ1n) is 7.95. The van der Waals surface area contributed by atoms with Crippen LogP contribution in [-0.4, -0.2) is 43.6 Å². The molecule has 2 aromatic rings. The molecule has 2 N–H and O–H groups in total. The molecule has 0 atom stereocenters. The zero-order valence-electron chi connectivity index (χ0n) is 14.1. The van der Waals surface area contributed by atoms with Crippen molar-refractivity contribution in [3.8, 4) is 0 Å². The molecule has 1 aromatic carbocycles. The molecule has 134 valence electrons. The van der Waals surface area contributed by atoms with Crippen molar-refractivity contribution in [2.45, 2.75) is 19.9 Å². The number of rotatable bonds is 5. The van der Waals surface area contributed by atoms with E-state index in [4.69, 9.17) is 0 Å². The fourth-order valence-electron chi connectivity index (χ4n) is 2.71. The second-order valence-corrected chi connectivity index (χ2v) is 8.71. The van der Waals surface area contributed by atoms with E-state index in [0.717, 1.165) is 38.0 Å². The predicted molar refractivity (Wildman–Crippen MR) is 99.6 cm³/mol. The van der Waals surface area contributed by atoms with Crippen LogP contribution in [0.3, 0.4) is 0 Å². The van der Waals surface area contributed by atoms with Crippen molar-refractivity contribution in [1.82, 2.24) is 9.88 Å². The highest BCUT2D eigenvalue weighted by Crippen LogP contribution is 2.29. The Kier molecular flexibility index (Phi) is 5.07. The monoisotopic (exact) mass is 380 g/mol. The molecule has 0 fully saturated rings. The van der Waals surface area contributed by atoms with E-state index in [1.54, 1.807) is 24.3 Å². The first-order valence-corrected chi connectivity index (χ1v) is 10.7. The van der Waals surface area contributed by atoms with Gasteiger partial charge in [0.1, 0.15) is 0 Å². The summed E-state index contributed by atoms with van der Waals surface area (Å²) in [5.41, 5.74) is 1.55. The van der Waals surface area contributed by atoms with Crippen LogP contribution in [0.15, 0.2) is 24.3 Å². The zero-order valence-corrected chi connectivity index (χ0v) is 15.7. The number of nitrogens with one attached hydrogen (secondary N) is 2. The highest BCUT2D eigenvalue weighted by molar-refractivity contribution is 7.92. The van der Waals surface area contributed by atoms with E-state index in [2.05, 4.69) is 26.8 Å². The summed E-state index contributed by atoms with van der Waals surface area (Å²) in [6.07, 6.45) is 1.93. The molecule has 1 amide bonds. The maximum atomic E-state index is 12.6. The number of fused-ring (bicyclic) bond motifs is 1. The number of carbonyl (C=O) groups is 1. The molecule has 0 saturated carbocycles. The van der Waals surface area contributed by atoms with Gasteiger partial charge in [-0.2, -0.15) is 0 Å². The number of thiazole rings is 1. The predicted octanol–water partition coefficient (Wildman–Crippen LogP) is 2.14. The lowest BCUT2D eigenvalue weighted by molar-refractivity contribution is 0.102. The van der Waals surface area contributed by atoms with Gasteiger partial charge in [-0.15, -0.1) is 11.3 Å². The molecule has 3 rings (SSSR count). The van der Waals surface area contributed by atoms with Gasteiger partial charge in [-0.1, -0.05) is 19.1 Å². The summed E-state index contributed by atoms with van der Waals surface area (Å²) in [7, 11) is -3.47. The number of hydrogen-bond acceptors (Lipinski definition) is 6. The van der Waals surface area contributed by atoms with Crippen molar-refractivity contribution in [2.75, 3.05) is 29.4 Å². The normalized spacial score (nSPS) is 14.8. The average molecular weight is 380 g/mol. The van der Waals surface area contributed by atoms with Gasteiger partial charge in [0.15, 0.2) is 5.13 Å². The molecule has 0 bridgehead atoms. The van der Waals surface area contributed by atoms with Gasteiger partial charge >= 0.3 is 0 Å². The molecule has 0 spiro atoms. The van der Waals surface area contributed by atoms with Gasteiger partial charge in [0.2, 0.25) is 10.0 Å². The molecule has 0 radical (unpaired) electrons. The van der Waals surface area contributed by atoms with Crippen molar-refractivity contribution in [3.63, 3.8) is 0 Å². The van der Waals surface area contributed by atoms with E-state index in [1.807, 2.05) is 0 Å². The quantitative estimate of drug-likeness (QED) is 0.829. The number of para-hydroxylation sites is 1. The van der Waals surface area contributed by atoms with E-state index in [0.29, 0.717) is 5.13 Å². The Hall–Kier alpha value is -1.97. The number of sulfonamides is 1. The molecule has 0 aliphatic carbocycles. The minimum atomic E-state index is -3.47. The number of hydrogen-bond donors (Lipinski definition) is 2. The third-order valence-electron chi connectivity index (χ3n) is 3.95. The molecular formula is C16H20N4O3S2. The Morgan fingerprint density at radius 2 is 2.12 bits per heavy atom. The van der Waals surface area contributed by atoms with Gasteiger partial charge in [0.05, 0.1) is 23.2 Å². The van der Waals surface area contributed by atoms with Crippen LogP contribution in [-0.2, 0) is 23.0 Å². The lowest BCUT2D eigenvalue weighted by Crippen LogP contribution is -2.29. The smallest absolute Gasteiger partial charge is 0.259 e. The number of likely N-dealkylation sites (N-methyl/N-ethyl adjacent to an activating group) is 1. The van der Waals surface area contributed by atoms with Crippen molar-refractivity contribution in [2.24, 2.45) is 0 Å². The summed E-state index contributed by atoms with van der Waals surface area (Å²) < 4.78 is 25.3. The molecule has 9 heteroatoms. The van der Waals surface area contributed by atoms with Gasteiger partial charge in [-0.3, -0.25) is 19.7 Å². The van der Waals surface area contributed by atoms with Gasteiger partial charge in [0, 0.05) is 24.4 Å². The van der Waals surface area contributed by atoms with Crippen molar-refractivity contribution < 1.29 is 13.2 Å². The number of carbonyl (C=O) groups excluding carboxylic acids is 1. The molecule has 0 saturated heterocycles. The summed E-state index contributed by atoms with van der Waals surface area (Å²) in [4.78, 5) is 20.6. The van der Waals surface area contributed by atoms with E-state index in [-0.39, 0.29) is 17.2 Å².